The van der Waals surface area contributed by atoms with Crippen LogP contribution in [0.25, 0.3) is 11.1 Å². The molecule has 0 saturated carbocycles. The van der Waals surface area contributed by atoms with Gasteiger partial charge in [-0.15, -0.1) is 13.2 Å². The van der Waals surface area contributed by atoms with Crippen LogP contribution in [0, 0.1) is 0 Å². The lowest BCUT2D eigenvalue weighted by molar-refractivity contribution is -0.274. The Balaban J connectivity index is 1.57. The number of hydrogen-bond donors (Lipinski definition) is 1. The summed E-state index contributed by atoms with van der Waals surface area (Å²) >= 11 is 0. The minimum Gasteiger partial charge on any atom is -0.488 e. The number of fused-ring (bicyclic) bond motifs is 1. The van der Waals surface area contributed by atoms with E-state index >= 15 is 0 Å². The van der Waals surface area contributed by atoms with Gasteiger partial charge in [0.2, 0.25) is 0 Å². The third kappa shape index (κ3) is 5.29. The van der Waals surface area contributed by atoms with E-state index in [1.165, 1.54) is 30.3 Å². The highest BCUT2D eigenvalue weighted by Crippen LogP contribution is 2.42. The van der Waals surface area contributed by atoms with Crippen molar-refractivity contribution in [1.82, 2.24) is 0 Å². The molecule has 34 heavy (non-hydrogen) atoms. The summed E-state index contributed by atoms with van der Waals surface area (Å²) in [6, 6.07) is 15.2. The van der Waals surface area contributed by atoms with Gasteiger partial charge in [0.25, 0.3) is 0 Å². The van der Waals surface area contributed by atoms with Gasteiger partial charge in [0.1, 0.15) is 23.9 Å². The molecule has 0 aliphatic carbocycles. The third-order valence-corrected chi connectivity index (χ3v) is 4.89. The maximum Gasteiger partial charge on any atom is 0.573 e. The Morgan fingerprint density at radius 3 is 2.24 bits per heavy atom. The second kappa shape index (κ2) is 8.96. The van der Waals surface area contributed by atoms with E-state index in [0.717, 1.165) is 6.07 Å². The number of anilines is 1. The maximum absolute atomic E-state index is 13.2. The van der Waals surface area contributed by atoms with Crippen LogP contribution in [0.4, 0.5) is 36.4 Å². The van der Waals surface area contributed by atoms with Crippen LogP contribution < -0.4 is 19.5 Å². The van der Waals surface area contributed by atoms with Crippen molar-refractivity contribution in [3.8, 4) is 28.4 Å². The van der Waals surface area contributed by atoms with Crippen LogP contribution in [0.15, 0.2) is 66.7 Å². The molecule has 0 spiro atoms. The molecule has 0 aromatic heterocycles. The molecule has 0 amide bonds. The van der Waals surface area contributed by atoms with Crippen molar-refractivity contribution in [2.75, 3.05) is 11.9 Å². The fraction of sp³-hybridized carbons (Fsp3) is 0.217. The van der Waals surface area contributed by atoms with Crippen LogP contribution >= 0.6 is 0 Å². The van der Waals surface area contributed by atoms with Crippen LogP contribution in [0.5, 0.6) is 17.2 Å². The van der Waals surface area contributed by atoms with Gasteiger partial charge in [-0.2, -0.15) is 17.6 Å². The van der Waals surface area contributed by atoms with Crippen molar-refractivity contribution in [3.05, 3.63) is 72.3 Å². The number of ether oxygens (including phenoxy) is 3. The average molecular weight is 487 g/mol. The van der Waals surface area contributed by atoms with Crippen molar-refractivity contribution < 1.29 is 44.9 Å². The summed E-state index contributed by atoms with van der Waals surface area (Å²) in [7, 11) is 0. The Morgan fingerprint density at radius 2 is 1.53 bits per heavy atom. The van der Waals surface area contributed by atoms with Crippen molar-refractivity contribution in [1.29, 1.82) is 0 Å². The number of rotatable bonds is 6. The largest absolute Gasteiger partial charge is 0.573 e. The highest BCUT2D eigenvalue weighted by molar-refractivity contribution is 5.79. The average Bonchev–Trinajstić information content (AvgIpc) is 2.77. The summed E-state index contributed by atoms with van der Waals surface area (Å²) in [6.45, 7) is 0.0252. The molecule has 0 unspecified atom stereocenters. The molecule has 0 fully saturated rings. The Labute approximate surface area is 188 Å². The van der Waals surface area contributed by atoms with E-state index in [4.69, 9.17) is 4.74 Å². The first-order valence-corrected chi connectivity index (χ1v) is 9.85. The number of benzene rings is 3. The highest BCUT2D eigenvalue weighted by atomic mass is 19.4. The zero-order valence-electron chi connectivity index (χ0n) is 17.1. The minimum absolute atomic E-state index is 0.0252. The molecule has 11 heteroatoms. The van der Waals surface area contributed by atoms with E-state index in [-0.39, 0.29) is 12.4 Å². The monoisotopic (exact) mass is 487 g/mol. The van der Waals surface area contributed by atoms with Gasteiger partial charge in [0.05, 0.1) is 11.7 Å². The molecule has 1 heterocycles. The summed E-state index contributed by atoms with van der Waals surface area (Å²) in [5.41, 5.74) is 1.87. The molecular weight excluding hydrogens is 471 g/mol. The first kappa shape index (κ1) is 23.5. The lowest BCUT2D eigenvalue weighted by atomic mass is 10.0. The summed E-state index contributed by atoms with van der Waals surface area (Å²) in [6.07, 6.45) is -13.5. The van der Waals surface area contributed by atoms with Gasteiger partial charge in [-0.3, -0.25) is 0 Å². The van der Waals surface area contributed by atoms with Crippen LogP contribution in [0.2, 0.25) is 0 Å². The second-order valence-corrected chi connectivity index (χ2v) is 7.30. The third-order valence-electron chi connectivity index (χ3n) is 4.89. The van der Waals surface area contributed by atoms with E-state index in [1.807, 2.05) is 0 Å². The van der Waals surface area contributed by atoms with E-state index < -0.39 is 30.7 Å². The molecule has 180 valence electrons. The molecular formula is C23H16F7NO3. The van der Waals surface area contributed by atoms with E-state index in [1.54, 1.807) is 30.3 Å². The van der Waals surface area contributed by atoms with Crippen LogP contribution in [0.3, 0.4) is 0 Å². The standard InChI is InChI=1S/C23H16F7NO3/c24-21(25)22(26,27)33-15-6-2-5-14(11-15)19-12-32-20-17(8-3-9-18(20)31-19)13-4-1-7-16(10-13)34-23(28,29)30/h1-11,19,21,31H,12H2/t19-/m0/s1. The highest BCUT2D eigenvalue weighted by Gasteiger charge is 2.44. The number of alkyl halides is 7. The molecule has 3 aromatic carbocycles. The van der Waals surface area contributed by atoms with Crippen molar-refractivity contribution >= 4 is 5.69 Å². The van der Waals surface area contributed by atoms with Gasteiger partial charge >= 0.3 is 18.9 Å². The van der Waals surface area contributed by atoms with E-state index in [2.05, 4.69) is 14.8 Å². The lowest BCUT2D eigenvalue weighted by Crippen LogP contribution is -2.33. The Kier molecular flexibility index (Phi) is 6.20. The number of nitrogens with one attached hydrogen (secondary N) is 1. The smallest absolute Gasteiger partial charge is 0.488 e. The van der Waals surface area contributed by atoms with Crippen LogP contribution in [0.1, 0.15) is 11.6 Å². The molecule has 4 rings (SSSR count). The molecule has 1 atom stereocenters. The van der Waals surface area contributed by atoms with Gasteiger partial charge in [-0.05, 0) is 41.5 Å². The summed E-state index contributed by atoms with van der Waals surface area (Å²) in [5.74, 6) is -0.452. The predicted molar refractivity (Wildman–Crippen MR) is 108 cm³/mol. The Morgan fingerprint density at radius 1 is 0.853 bits per heavy atom. The van der Waals surface area contributed by atoms with Crippen molar-refractivity contribution in [2.45, 2.75) is 24.9 Å². The van der Waals surface area contributed by atoms with Gasteiger partial charge < -0.3 is 19.5 Å². The fourth-order valence-corrected chi connectivity index (χ4v) is 3.47. The predicted octanol–water partition coefficient (Wildman–Crippen LogP) is 7.03. The fourth-order valence-electron chi connectivity index (χ4n) is 3.47. The topological polar surface area (TPSA) is 39.7 Å². The molecule has 3 aromatic rings. The Hall–Kier alpha value is -3.63. The molecule has 1 aliphatic rings. The molecule has 0 bridgehead atoms. The molecule has 0 saturated heterocycles. The number of halogens is 7. The first-order valence-electron chi connectivity index (χ1n) is 9.85. The second-order valence-electron chi connectivity index (χ2n) is 7.30. The van der Waals surface area contributed by atoms with Gasteiger partial charge in [0, 0.05) is 5.56 Å². The van der Waals surface area contributed by atoms with E-state index in [0.29, 0.717) is 28.1 Å². The normalized spacial score (nSPS) is 15.8. The van der Waals surface area contributed by atoms with Gasteiger partial charge in [0.15, 0.2) is 0 Å². The summed E-state index contributed by atoms with van der Waals surface area (Å²) < 4.78 is 103. The first-order chi connectivity index (χ1) is 16.0. The van der Waals surface area contributed by atoms with Gasteiger partial charge in [-0.25, -0.2) is 0 Å². The molecule has 0 radical (unpaired) electrons. The lowest BCUT2D eigenvalue weighted by Gasteiger charge is -2.29. The Bertz CT molecular complexity index is 1170. The molecule has 1 N–H and O–H groups in total. The van der Waals surface area contributed by atoms with Crippen LogP contribution in [-0.2, 0) is 0 Å². The number of para-hydroxylation sites is 1. The van der Waals surface area contributed by atoms with Gasteiger partial charge in [-0.1, -0.05) is 36.4 Å². The van der Waals surface area contributed by atoms with Crippen molar-refractivity contribution in [2.24, 2.45) is 0 Å². The zero-order chi connectivity index (χ0) is 24.5. The zero-order valence-corrected chi connectivity index (χ0v) is 17.1. The quantitative estimate of drug-likeness (QED) is 0.379. The summed E-state index contributed by atoms with van der Waals surface area (Å²) in [4.78, 5) is 0. The number of hydrogen-bond acceptors (Lipinski definition) is 4. The maximum atomic E-state index is 13.2. The van der Waals surface area contributed by atoms with Crippen LogP contribution in [-0.4, -0.2) is 25.5 Å². The molecule has 1 aliphatic heterocycles. The SMILES string of the molecule is FC(F)C(F)(F)Oc1cccc([C@@H]2COc3c(cccc3-c3cccc(OC(F)(F)F)c3)N2)c1. The van der Waals surface area contributed by atoms with Crippen molar-refractivity contribution in [3.63, 3.8) is 0 Å². The van der Waals surface area contributed by atoms with E-state index in [9.17, 15) is 30.7 Å². The minimum atomic E-state index is -4.84. The molecule has 4 nitrogen and oxygen atoms in total. The summed E-state index contributed by atoms with van der Waals surface area (Å²) in [5, 5.41) is 3.16.